The van der Waals surface area contributed by atoms with E-state index in [0.717, 1.165) is 17.5 Å². The van der Waals surface area contributed by atoms with E-state index in [1.807, 2.05) is 13.8 Å². The average Bonchev–Trinajstić information content (AvgIpc) is 2.33. The van der Waals surface area contributed by atoms with Crippen LogP contribution in [0.2, 0.25) is 0 Å². The smallest absolute Gasteiger partial charge is 0.162 e. The Labute approximate surface area is 110 Å². The number of aromatic nitrogens is 1. The molecule has 19 heavy (non-hydrogen) atoms. The van der Waals surface area contributed by atoms with Gasteiger partial charge in [-0.15, -0.1) is 0 Å². The minimum atomic E-state index is -0.899. The van der Waals surface area contributed by atoms with Crippen molar-refractivity contribution in [3.05, 3.63) is 64.5 Å². The molecule has 0 aliphatic rings. The van der Waals surface area contributed by atoms with Crippen molar-refractivity contribution in [2.45, 2.75) is 26.4 Å². The molecule has 0 aliphatic heterocycles. The maximum Gasteiger partial charge on any atom is 0.162 e. The summed E-state index contributed by atoms with van der Waals surface area (Å²) in [5.41, 5.74) is 2.40. The second-order valence-electron chi connectivity index (χ2n) is 4.62. The molecular formula is C15H15F2NO. The molecule has 0 spiro atoms. The third-order valence-electron chi connectivity index (χ3n) is 2.93. The molecule has 4 heteroatoms. The van der Waals surface area contributed by atoms with Crippen LogP contribution in [0.15, 0.2) is 30.3 Å². The van der Waals surface area contributed by atoms with Gasteiger partial charge >= 0.3 is 0 Å². The molecule has 1 atom stereocenters. The number of aryl methyl sites for hydroxylation is 2. The number of aliphatic hydroxyl groups is 1. The minimum Gasteiger partial charge on any atom is -0.388 e. The van der Waals surface area contributed by atoms with Gasteiger partial charge in [-0.3, -0.25) is 4.98 Å². The summed E-state index contributed by atoms with van der Waals surface area (Å²) in [7, 11) is 0. The Morgan fingerprint density at radius 2 is 1.79 bits per heavy atom. The molecule has 0 radical (unpaired) electrons. The molecule has 2 aromatic rings. The van der Waals surface area contributed by atoms with Crippen molar-refractivity contribution in [2.24, 2.45) is 0 Å². The Morgan fingerprint density at radius 1 is 1.16 bits per heavy atom. The van der Waals surface area contributed by atoms with Crippen molar-refractivity contribution in [1.82, 2.24) is 4.98 Å². The zero-order valence-corrected chi connectivity index (χ0v) is 10.8. The highest BCUT2D eigenvalue weighted by atomic mass is 19.2. The molecule has 0 amide bonds. The van der Waals surface area contributed by atoms with Crippen LogP contribution in [0.1, 0.15) is 28.6 Å². The van der Waals surface area contributed by atoms with Gasteiger partial charge in [0, 0.05) is 17.8 Å². The molecule has 1 unspecified atom stereocenters. The summed E-state index contributed by atoms with van der Waals surface area (Å²) < 4.78 is 26.6. The lowest BCUT2D eigenvalue weighted by Crippen LogP contribution is -2.06. The third-order valence-corrected chi connectivity index (χ3v) is 2.93. The molecule has 0 fully saturated rings. The van der Waals surface area contributed by atoms with Gasteiger partial charge in [0.15, 0.2) is 11.6 Å². The first-order chi connectivity index (χ1) is 8.97. The molecule has 0 saturated heterocycles. The number of pyridine rings is 1. The SMILES string of the molecule is Cc1cc(C(O)Cc2cccc(F)c2F)cc(C)n1. The van der Waals surface area contributed by atoms with Crippen LogP contribution in [0.3, 0.4) is 0 Å². The van der Waals surface area contributed by atoms with Gasteiger partial charge in [-0.2, -0.15) is 0 Å². The zero-order chi connectivity index (χ0) is 14.0. The number of halogens is 2. The van der Waals surface area contributed by atoms with Gasteiger partial charge in [-0.1, -0.05) is 12.1 Å². The second-order valence-corrected chi connectivity index (χ2v) is 4.62. The molecular weight excluding hydrogens is 248 g/mol. The highest BCUT2D eigenvalue weighted by Gasteiger charge is 2.14. The summed E-state index contributed by atoms with van der Waals surface area (Å²) in [6, 6.07) is 7.46. The van der Waals surface area contributed by atoms with Crippen LogP contribution >= 0.6 is 0 Å². The topological polar surface area (TPSA) is 33.1 Å². The van der Waals surface area contributed by atoms with Crippen LogP contribution in [0.25, 0.3) is 0 Å². The molecule has 0 bridgehead atoms. The fourth-order valence-corrected chi connectivity index (χ4v) is 2.09. The first kappa shape index (κ1) is 13.6. The van der Waals surface area contributed by atoms with Crippen molar-refractivity contribution in [2.75, 3.05) is 0 Å². The summed E-state index contributed by atoms with van der Waals surface area (Å²) in [6.07, 6.45) is -0.844. The largest absolute Gasteiger partial charge is 0.388 e. The van der Waals surface area contributed by atoms with Crippen LogP contribution < -0.4 is 0 Å². The highest BCUT2D eigenvalue weighted by Crippen LogP contribution is 2.22. The predicted molar refractivity (Wildman–Crippen MR) is 68.7 cm³/mol. The Hall–Kier alpha value is -1.81. The molecule has 2 nitrogen and oxygen atoms in total. The van der Waals surface area contributed by atoms with Crippen LogP contribution in [-0.4, -0.2) is 10.1 Å². The molecule has 1 aromatic heterocycles. The monoisotopic (exact) mass is 263 g/mol. The summed E-state index contributed by atoms with van der Waals surface area (Å²) in [5.74, 6) is -1.80. The summed E-state index contributed by atoms with van der Waals surface area (Å²) in [4.78, 5) is 4.21. The lowest BCUT2D eigenvalue weighted by molar-refractivity contribution is 0.176. The Kier molecular flexibility index (Phi) is 3.90. The first-order valence-electron chi connectivity index (χ1n) is 6.03. The van der Waals surface area contributed by atoms with Gasteiger partial charge in [0.05, 0.1) is 6.10 Å². The highest BCUT2D eigenvalue weighted by molar-refractivity contribution is 5.26. The van der Waals surface area contributed by atoms with E-state index in [0.29, 0.717) is 5.56 Å². The normalized spacial score (nSPS) is 12.5. The van der Waals surface area contributed by atoms with Crippen molar-refractivity contribution in [3.63, 3.8) is 0 Å². The maximum atomic E-state index is 13.5. The van der Waals surface area contributed by atoms with Gasteiger partial charge in [0.2, 0.25) is 0 Å². The minimum absolute atomic E-state index is 0.0342. The van der Waals surface area contributed by atoms with Crippen LogP contribution in [0.5, 0.6) is 0 Å². The van der Waals surface area contributed by atoms with E-state index in [1.54, 1.807) is 12.1 Å². The van der Waals surface area contributed by atoms with Crippen molar-refractivity contribution in [1.29, 1.82) is 0 Å². The predicted octanol–water partition coefficient (Wildman–Crippen LogP) is 3.25. The molecule has 1 N–H and O–H groups in total. The fraction of sp³-hybridized carbons (Fsp3) is 0.267. The fourth-order valence-electron chi connectivity index (χ4n) is 2.09. The molecule has 2 rings (SSSR count). The lowest BCUT2D eigenvalue weighted by Gasteiger charge is -2.13. The Balaban J connectivity index is 2.25. The molecule has 1 heterocycles. The van der Waals surface area contributed by atoms with E-state index < -0.39 is 17.7 Å². The molecule has 1 aromatic carbocycles. The Bertz CT molecular complexity index is 578. The van der Waals surface area contributed by atoms with Crippen LogP contribution in [-0.2, 0) is 6.42 Å². The van der Waals surface area contributed by atoms with E-state index in [-0.39, 0.29) is 12.0 Å². The van der Waals surface area contributed by atoms with E-state index in [9.17, 15) is 13.9 Å². The van der Waals surface area contributed by atoms with Crippen molar-refractivity contribution >= 4 is 0 Å². The van der Waals surface area contributed by atoms with E-state index in [1.165, 1.54) is 12.1 Å². The van der Waals surface area contributed by atoms with Gasteiger partial charge in [0.1, 0.15) is 0 Å². The summed E-state index contributed by atoms with van der Waals surface area (Å²) >= 11 is 0. The molecule has 0 aliphatic carbocycles. The summed E-state index contributed by atoms with van der Waals surface area (Å²) in [5, 5.41) is 10.1. The summed E-state index contributed by atoms with van der Waals surface area (Å²) in [6.45, 7) is 3.65. The van der Waals surface area contributed by atoms with Gasteiger partial charge in [-0.05, 0) is 43.2 Å². The van der Waals surface area contributed by atoms with Crippen molar-refractivity contribution in [3.8, 4) is 0 Å². The average molecular weight is 263 g/mol. The van der Waals surface area contributed by atoms with Crippen LogP contribution in [0.4, 0.5) is 8.78 Å². The molecule has 100 valence electrons. The number of benzene rings is 1. The lowest BCUT2D eigenvalue weighted by atomic mass is 10.0. The number of hydrogen-bond acceptors (Lipinski definition) is 2. The van der Waals surface area contributed by atoms with Crippen LogP contribution in [0, 0.1) is 25.5 Å². The van der Waals surface area contributed by atoms with E-state index in [2.05, 4.69) is 4.98 Å². The van der Waals surface area contributed by atoms with Crippen molar-refractivity contribution < 1.29 is 13.9 Å². The van der Waals surface area contributed by atoms with Gasteiger partial charge in [-0.25, -0.2) is 8.78 Å². The first-order valence-corrected chi connectivity index (χ1v) is 6.03. The van der Waals surface area contributed by atoms with E-state index >= 15 is 0 Å². The standard InChI is InChI=1S/C15H15F2NO/c1-9-6-12(7-10(2)18-9)14(19)8-11-4-3-5-13(16)15(11)17/h3-7,14,19H,8H2,1-2H3. The number of nitrogens with zero attached hydrogens (tertiary/aromatic N) is 1. The Morgan fingerprint density at radius 3 is 2.42 bits per heavy atom. The third kappa shape index (κ3) is 3.15. The molecule has 0 saturated carbocycles. The second kappa shape index (κ2) is 5.45. The van der Waals surface area contributed by atoms with Gasteiger partial charge < -0.3 is 5.11 Å². The van der Waals surface area contributed by atoms with E-state index in [4.69, 9.17) is 0 Å². The number of hydrogen-bond donors (Lipinski definition) is 1. The number of aliphatic hydroxyl groups excluding tert-OH is 1. The number of rotatable bonds is 3. The zero-order valence-electron chi connectivity index (χ0n) is 10.8. The maximum absolute atomic E-state index is 13.5. The van der Waals surface area contributed by atoms with Gasteiger partial charge in [0.25, 0.3) is 0 Å². The quantitative estimate of drug-likeness (QED) is 0.922.